The Balaban J connectivity index is 1.39. The number of phenolic OH excluding ortho intramolecular Hbond substituents is 1. The molecule has 118 valence electrons. The molecule has 4 nitrogen and oxygen atoms in total. The van der Waals surface area contributed by atoms with E-state index in [1.165, 1.54) is 5.57 Å². The lowest BCUT2D eigenvalue weighted by atomic mass is 9.99. The highest BCUT2D eigenvalue weighted by Crippen LogP contribution is 2.48. The fourth-order valence-corrected chi connectivity index (χ4v) is 3.33. The molecule has 23 heavy (non-hydrogen) atoms. The van der Waals surface area contributed by atoms with Gasteiger partial charge in [0.05, 0.1) is 6.26 Å². The van der Waals surface area contributed by atoms with Gasteiger partial charge in [0.1, 0.15) is 11.5 Å². The van der Waals surface area contributed by atoms with Crippen molar-refractivity contribution in [2.24, 2.45) is 5.92 Å². The van der Waals surface area contributed by atoms with Crippen LogP contribution < -0.4 is 0 Å². The van der Waals surface area contributed by atoms with Gasteiger partial charge >= 0.3 is 0 Å². The summed E-state index contributed by atoms with van der Waals surface area (Å²) in [5.74, 6) is 1.80. The number of nitrogens with zero attached hydrogens (tertiary/aromatic N) is 1. The van der Waals surface area contributed by atoms with Crippen LogP contribution in [0, 0.1) is 5.92 Å². The summed E-state index contributed by atoms with van der Waals surface area (Å²) in [6.07, 6.45) is 5.55. The first-order valence-electron chi connectivity index (χ1n) is 8.03. The molecule has 1 saturated carbocycles. The third-order valence-electron chi connectivity index (χ3n) is 4.78. The van der Waals surface area contributed by atoms with E-state index in [4.69, 9.17) is 4.42 Å². The van der Waals surface area contributed by atoms with Gasteiger partial charge in [-0.05, 0) is 48.2 Å². The molecule has 1 amide bonds. The minimum Gasteiger partial charge on any atom is -0.508 e. The molecule has 0 saturated heterocycles. The standard InChI is InChI=1S/C19H19NO3/c21-15-5-3-13(4-6-15)14-7-9-20(10-8-14)19(22)17-12-16(17)18-2-1-11-23-18/h1-7,11,16-17,21H,8-10,12H2/t16-,17-/m0/s1. The van der Waals surface area contributed by atoms with E-state index in [1.807, 2.05) is 29.2 Å². The summed E-state index contributed by atoms with van der Waals surface area (Å²) in [6, 6.07) is 11.1. The van der Waals surface area contributed by atoms with Crippen molar-refractivity contribution in [2.75, 3.05) is 13.1 Å². The van der Waals surface area contributed by atoms with Crippen LogP contribution >= 0.6 is 0 Å². The molecule has 1 aromatic carbocycles. The van der Waals surface area contributed by atoms with E-state index >= 15 is 0 Å². The summed E-state index contributed by atoms with van der Waals surface area (Å²) in [7, 11) is 0. The molecule has 0 unspecified atom stereocenters. The van der Waals surface area contributed by atoms with E-state index in [0.717, 1.165) is 30.7 Å². The molecular formula is C19H19NO3. The first-order chi connectivity index (χ1) is 11.2. The van der Waals surface area contributed by atoms with Gasteiger partial charge in [0, 0.05) is 24.9 Å². The monoisotopic (exact) mass is 309 g/mol. The van der Waals surface area contributed by atoms with Crippen LogP contribution in [-0.4, -0.2) is 29.0 Å². The zero-order valence-corrected chi connectivity index (χ0v) is 12.8. The second-order valence-electron chi connectivity index (χ2n) is 6.27. The first-order valence-corrected chi connectivity index (χ1v) is 8.03. The molecule has 2 aromatic rings. The molecule has 0 radical (unpaired) electrons. The molecule has 0 bridgehead atoms. The minimum atomic E-state index is 0.0878. The predicted octanol–water partition coefficient (Wildman–Crippen LogP) is 3.40. The van der Waals surface area contributed by atoms with E-state index in [1.54, 1.807) is 18.4 Å². The molecule has 4 heteroatoms. The number of hydrogen-bond donors (Lipinski definition) is 1. The third kappa shape index (κ3) is 2.77. The lowest BCUT2D eigenvalue weighted by molar-refractivity contribution is -0.132. The highest BCUT2D eigenvalue weighted by atomic mass is 16.3. The first kappa shape index (κ1) is 14.1. The molecule has 4 rings (SSSR count). The summed E-state index contributed by atoms with van der Waals surface area (Å²) < 4.78 is 5.41. The van der Waals surface area contributed by atoms with Crippen molar-refractivity contribution in [2.45, 2.75) is 18.8 Å². The van der Waals surface area contributed by atoms with Crippen molar-refractivity contribution in [1.82, 2.24) is 4.90 Å². The van der Waals surface area contributed by atoms with E-state index in [9.17, 15) is 9.90 Å². The maximum Gasteiger partial charge on any atom is 0.226 e. The molecule has 1 aromatic heterocycles. The van der Waals surface area contributed by atoms with Crippen LogP contribution in [0.15, 0.2) is 53.2 Å². The Morgan fingerprint density at radius 3 is 2.70 bits per heavy atom. The van der Waals surface area contributed by atoms with Gasteiger partial charge in [-0.25, -0.2) is 0 Å². The number of amides is 1. The number of rotatable bonds is 3. The Morgan fingerprint density at radius 1 is 1.22 bits per heavy atom. The smallest absolute Gasteiger partial charge is 0.226 e. The number of hydrogen-bond acceptors (Lipinski definition) is 3. The van der Waals surface area contributed by atoms with Crippen molar-refractivity contribution in [1.29, 1.82) is 0 Å². The molecule has 0 spiro atoms. The van der Waals surface area contributed by atoms with Crippen molar-refractivity contribution >= 4 is 11.5 Å². The molecule has 1 fully saturated rings. The Kier molecular flexibility index (Phi) is 3.45. The van der Waals surface area contributed by atoms with Crippen LogP contribution in [-0.2, 0) is 4.79 Å². The van der Waals surface area contributed by atoms with Crippen LogP contribution in [0.3, 0.4) is 0 Å². The van der Waals surface area contributed by atoms with Crippen molar-refractivity contribution in [3.8, 4) is 5.75 Å². The topological polar surface area (TPSA) is 53.7 Å². The van der Waals surface area contributed by atoms with Gasteiger partial charge < -0.3 is 14.4 Å². The molecular weight excluding hydrogens is 290 g/mol. The summed E-state index contributed by atoms with van der Waals surface area (Å²) in [5.41, 5.74) is 2.36. The van der Waals surface area contributed by atoms with Gasteiger partial charge in [0.15, 0.2) is 0 Å². The Hall–Kier alpha value is -2.49. The molecule has 2 heterocycles. The largest absolute Gasteiger partial charge is 0.508 e. The summed E-state index contributed by atoms with van der Waals surface area (Å²) in [6.45, 7) is 1.42. The molecule has 2 atom stereocenters. The second kappa shape index (κ2) is 5.61. The van der Waals surface area contributed by atoms with E-state index in [-0.39, 0.29) is 23.5 Å². The lowest BCUT2D eigenvalue weighted by Crippen LogP contribution is -2.36. The predicted molar refractivity (Wildman–Crippen MR) is 86.8 cm³/mol. The van der Waals surface area contributed by atoms with Gasteiger partial charge in [0.25, 0.3) is 0 Å². The zero-order chi connectivity index (χ0) is 15.8. The average Bonchev–Trinajstić information content (AvgIpc) is 3.20. The lowest BCUT2D eigenvalue weighted by Gasteiger charge is -2.27. The van der Waals surface area contributed by atoms with Gasteiger partial charge in [-0.15, -0.1) is 0 Å². The van der Waals surface area contributed by atoms with Crippen molar-refractivity contribution in [3.05, 3.63) is 60.1 Å². The van der Waals surface area contributed by atoms with E-state index in [2.05, 4.69) is 6.08 Å². The Labute approximate surface area is 135 Å². The average molecular weight is 309 g/mol. The summed E-state index contributed by atoms with van der Waals surface area (Å²) in [5, 5.41) is 9.36. The SMILES string of the molecule is O=C([C@H]1C[C@@H]1c1ccco1)N1CC=C(c2ccc(O)cc2)CC1. The van der Waals surface area contributed by atoms with Crippen LogP contribution in [0.2, 0.25) is 0 Å². The van der Waals surface area contributed by atoms with Gasteiger partial charge in [0.2, 0.25) is 5.91 Å². The highest BCUT2D eigenvalue weighted by molar-refractivity contribution is 5.84. The normalized spacial score (nSPS) is 23.5. The maximum atomic E-state index is 12.6. The van der Waals surface area contributed by atoms with E-state index < -0.39 is 0 Å². The highest BCUT2D eigenvalue weighted by Gasteiger charge is 2.47. The third-order valence-corrected chi connectivity index (χ3v) is 4.78. The number of phenols is 1. The number of carbonyl (C=O) groups excluding carboxylic acids is 1. The van der Waals surface area contributed by atoms with Crippen molar-refractivity contribution in [3.63, 3.8) is 0 Å². The minimum absolute atomic E-state index is 0.0878. The van der Waals surface area contributed by atoms with Gasteiger partial charge in [-0.2, -0.15) is 0 Å². The Morgan fingerprint density at radius 2 is 2.04 bits per heavy atom. The molecule has 1 N–H and O–H groups in total. The quantitative estimate of drug-likeness (QED) is 0.945. The molecule has 1 aliphatic heterocycles. The van der Waals surface area contributed by atoms with Gasteiger partial charge in [-0.1, -0.05) is 18.2 Å². The Bertz CT molecular complexity index is 730. The van der Waals surface area contributed by atoms with Crippen molar-refractivity contribution < 1.29 is 14.3 Å². The number of carbonyl (C=O) groups is 1. The van der Waals surface area contributed by atoms with Crippen LogP contribution in [0.5, 0.6) is 5.75 Å². The second-order valence-corrected chi connectivity index (χ2v) is 6.27. The number of furan rings is 1. The summed E-state index contributed by atoms with van der Waals surface area (Å²) in [4.78, 5) is 14.5. The van der Waals surface area contributed by atoms with Crippen LogP contribution in [0.1, 0.15) is 30.1 Å². The molecule has 2 aliphatic rings. The fraction of sp³-hybridized carbons (Fsp3) is 0.316. The summed E-state index contributed by atoms with van der Waals surface area (Å²) >= 11 is 0. The number of benzene rings is 1. The number of aromatic hydroxyl groups is 1. The van der Waals surface area contributed by atoms with Crippen LogP contribution in [0.4, 0.5) is 0 Å². The zero-order valence-electron chi connectivity index (χ0n) is 12.8. The van der Waals surface area contributed by atoms with Gasteiger partial charge in [-0.3, -0.25) is 4.79 Å². The van der Waals surface area contributed by atoms with E-state index in [0.29, 0.717) is 6.54 Å². The molecule has 1 aliphatic carbocycles. The van der Waals surface area contributed by atoms with Crippen LogP contribution in [0.25, 0.3) is 5.57 Å². The fourth-order valence-electron chi connectivity index (χ4n) is 3.33. The maximum absolute atomic E-state index is 12.6.